The Kier molecular flexibility index (Phi) is 2.60. The first-order valence-corrected chi connectivity index (χ1v) is 5.95. The summed E-state index contributed by atoms with van der Waals surface area (Å²) in [6.45, 7) is 5.87. The summed E-state index contributed by atoms with van der Waals surface area (Å²) >= 11 is 0. The van der Waals surface area contributed by atoms with Crippen LogP contribution in [0.3, 0.4) is 0 Å². The molecule has 1 spiro atoms. The number of rotatable bonds is 1. The predicted octanol–water partition coefficient (Wildman–Crippen LogP) is 1.86. The van der Waals surface area contributed by atoms with E-state index in [9.17, 15) is 9.59 Å². The smallest absolute Gasteiger partial charge is 0.411 e. The number of carbonyl (C=O) groups excluding carboxylic acids is 1. The van der Waals surface area contributed by atoms with Gasteiger partial charge in [-0.1, -0.05) is 0 Å². The van der Waals surface area contributed by atoms with Crippen molar-refractivity contribution < 1.29 is 19.4 Å². The molecule has 0 aromatic heterocycles. The van der Waals surface area contributed by atoms with Crippen LogP contribution in [0, 0.1) is 5.41 Å². The third-order valence-corrected chi connectivity index (χ3v) is 3.38. The first kappa shape index (κ1) is 12.2. The SMILES string of the molecule is CC(C)(C)OC(=O)N1CC2(CC2)CC1C(=O)O. The van der Waals surface area contributed by atoms with Gasteiger partial charge in [0.2, 0.25) is 0 Å². The second-order valence-corrected chi connectivity index (χ2v) is 6.17. The zero-order valence-electron chi connectivity index (χ0n) is 10.5. The summed E-state index contributed by atoms with van der Waals surface area (Å²) in [4.78, 5) is 24.5. The van der Waals surface area contributed by atoms with Crippen LogP contribution in [0.25, 0.3) is 0 Å². The minimum atomic E-state index is -0.931. The number of hydrogen-bond donors (Lipinski definition) is 1. The summed E-state index contributed by atoms with van der Waals surface area (Å²) in [6, 6.07) is -0.715. The minimum Gasteiger partial charge on any atom is -0.480 e. The fourth-order valence-electron chi connectivity index (χ4n) is 2.33. The molecule has 1 amide bonds. The van der Waals surface area contributed by atoms with Crippen LogP contribution in [0.2, 0.25) is 0 Å². The Morgan fingerprint density at radius 3 is 2.35 bits per heavy atom. The lowest BCUT2D eigenvalue weighted by molar-refractivity contribution is -0.142. The van der Waals surface area contributed by atoms with E-state index in [2.05, 4.69) is 0 Å². The molecule has 0 radical (unpaired) electrons. The maximum atomic E-state index is 11.9. The number of carbonyl (C=O) groups is 2. The van der Waals surface area contributed by atoms with Crippen molar-refractivity contribution in [3.05, 3.63) is 0 Å². The monoisotopic (exact) mass is 241 g/mol. The van der Waals surface area contributed by atoms with E-state index in [1.165, 1.54) is 4.90 Å². The molecule has 1 aliphatic heterocycles. The van der Waals surface area contributed by atoms with Gasteiger partial charge < -0.3 is 9.84 Å². The van der Waals surface area contributed by atoms with E-state index in [0.29, 0.717) is 13.0 Å². The van der Waals surface area contributed by atoms with Crippen molar-refractivity contribution in [1.82, 2.24) is 4.90 Å². The second-order valence-electron chi connectivity index (χ2n) is 6.17. The Morgan fingerprint density at radius 2 is 1.94 bits per heavy atom. The molecule has 1 atom stereocenters. The fraction of sp³-hybridized carbons (Fsp3) is 0.833. The first-order chi connectivity index (χ1) is 7.72. The van der Waals surface area contributed by atoms with Gasteiger partial charge in [0.1, 0.15) is 11.6 Å². The molecule has 96 valence electrons. The lowest BCUT2D eigenvalue weighted by atomic mass is 10.0. The van der Waals surface area contributed by atoms with Crippen molar-refractivity contribution in [2.75, 3.05) is 6.54 Å². The summed E-state index contributed by atoms with van der Waals surface area (Å²) in [5.74, 6) is -0.931. The average Bonchev–Trinajstić information content (AvgIpc) is 2.73. The first-order valence-electron chi connectivity index (χ1n) is 5.95. The molecule has 17 heavy (non-hydrogen) atoms. The maximum absolute atomic E-state index is 11.9. The predicted molar refractivity (Wildman–Crippen MR) is 60.6 cm³/mol. The molecule has 0 bridgehead atoms. The van der Waals surface area contributed by atoms with Crippen LogP contribution in [-0.2, 0) is 9.53 Å². The van der Waals surface area contributed by atoms with Gasteiger partial charge in [-0.05, 0) is 45.4 Å². The van der Waals surface area contributed by atoms with Gasteiger partial charge in [-0.15, -0.1) is 0 Å². The summed E-state index contributed by atoms with van der Waals surface area (Å²) < 4.78 is 5.25. The Bertz CT molecular complexity index is 354. The van der Waals surface area contributed by atoms with Gasteiger partial charge in [-0.25, -0.2) is 9.59 Å². The van der Waals surface area contributed by atoms with Crippen molar-refractivity contribution in [3.63, 3.8) is 0 Å². The van der Waals surface area contributed by atoms with Gasteiger partial charge in [-0.2, -0.15) is 0 Å². The summed E-state index contributed by atoms with van der Waals surface area (Å²) in [6.07, 6.45) is 2.11. The summed E-state index contributed by atoms with van der Waals surface area (Å²) in [5.41, 5.74) is -0.514. The van der Waals surface area contributed by atoms with E-state index in [1.54, 1.807) is 20.8 Å². The maximum Gasteiger partial charge on any atom is 0.411 e. The quantitative estimate of drug-likeness (QED) is 0.761. The van der Waals surface area contributed by atoms with Crippen LogP contribution in [0.15, 0.2) is 0 Å². The van der Waals surface area contributed by atoms with Crippen molar-refractivity contribution in [2.24, 2.45) is 5.41 Å². The minimum absolute atomic E-state index is 0.0694. The molecule has 1 N–H and O–H groups in total. The third-order valence-electron chi connectivity index (χ3n) is 3.38. The molecule has 2 rings (SSSR count). The fourth-order valence-corrected chi connectivity index (χ4v) is 2.33. The van der Waals surface area contributed by atoms with Crippen LogP contribution in [0.5, 0.6) is 0 Å². The van der Waals surface area contributed by atoms with E-state index < -0.39 is 23.7 Å². The third kappa shape index (κ3) is 2.53. The molecule has 1 unspecified atom stereocenters. The highest BCUT2D eigenvalue weighted by molar-refractivity contribution is 5.81. The van der Waals surface area contributed by atoms with Gasteiger partial charge in [0.25, 0.3) is 0 Å². The Hall–Kier alpha value is -1.26. The Morgan fingerprint density at radius 1 is 1.35 bits per heavy atom. The molecule has 0 aromatic rings. The number of aliphatic carboxylic acids is 1. The van der Waals surface area contributed by atoms with Crippen molar-refractivity contribution in [2.45, 2.75) is 51.7 Å². The van der Waals surface area contributed by atoms with Crippen LogP contribution >= 0.6 is 0 Å². The van der Waals surface area contributed by atoms with Crippen molar-refractivity contribution in [1.29, 1.82) is 0 Å². The molecule has 2 fully saturated rings. The lowest BCUT2D eigenvalue weighted by Crippen LogP contribution is -2.43. The van der Waals surface area contributed by atoms with Crippen LogP contribution in [0.1, 0.15) is 40.0 Å². The number of nitrogens with zero attached hydrogens (tertiary/aromatic N) is 1. The average molecular weight is 241 g/mol. The van der Waals surface area contributed by atoms with E-state index in [4.69, 9.17) is 9.84 Å². The number of carboxylic acids is 1. The second kappa shape index (κ2) is 3.62. The summed E-state index contributed by atoms with van der Waals surface area (Å²) in [7, 11) is 0. The van der Waals surface area contributed by atoms with Crippen LogP contribution < -0.4 is 0 Å². The largest absolute Gasteiger partial charge is 0.480 e. The standard InChI is InChI=1S/C12H19NO4/c1-11(2,3)17-10(16)13-7-12(4-5-12)6-8(13)9(14)15/h8H,4-7H2,1-3H3,(H,14,15). The van der Waals surface area contributed by atoms with E-state index in [-0.39, 0.29) is 5.41 Å². The highest BCUT2D eigenvalue weighted by Gasteiger charge is 2.56. The Balaban J connectivity index is 2.08. The van der Waals surface area contributed by atoms with Gasteiger partial charge >= 0.3 is 12.1 Å². The lowest BCUT2D eigenvalue weighted by Gasteiger charge is -2.26. The highest BCUT2D eigenvalue weighted by atomic mass is 16.6. The van der Waals surface area contributed by atoms with Crippen molar-refractivity contribution in [3.8, 4) is 0 Å². The number of likely N-dealkylation sites (tertiary alicyclic amines) is 1. The number of carboxylic acid groups (broad SMARTS) is 1. The molecule has 5 heteroatoms. The van der Waals surface area contributed by atoms with E-state index in [0.717, 1.165) is 12.8 Å². The number of ether oxygens (including phenoxy) is 1. The van der Waals surface area contributed by atoms with Gasteiger partial charge in [0.15, 0.2) is 0 Å². The summed E-state index contributed by atoms with van der Waals surface area (Å²) in [5, 5.41) is 9.14. The number of hydrogen-bond acceptors (Lipinski definition) is 3. The zero-order chi connectivity index (χ0) is 12.8. The molecular formula is C12H19NO4. The molecule has 0 aromatic carbocycles. The topological polar surface area (TPSA) is 66.8 Å². The van der Waals surface area contributed by atoms with Gasteiger partial charge in [0, 0.05) is 6.54 Å². The van der Waals surface area contributed by atoms with Crippen molar-refractivity contribution >= 4 is 12.1 Å². The molecule has 1 aliphatic carbocycles. The molecule has 1 saturated carbocycles. The van der Waals surface area contributed by atoms with Crippen LogP contribution in [0.4, 0.5) is 4.79 Å². The van der Waals surface area contributed by atoms with Gasteiger partial charge in [-0.3, -0.25) is 4.90 Å². The normalized spacial score (nSPS) is 26.1. The highest BCUT2D eigenvalue weighted by Crippen LogP contribution is 2.54. The molecule has 1 heterocycles. The van der Waals surface area contributed by atoms with Gasteiger partial charge in [0.05, 0.1) is 0 Å². The van der Waals surface area contributed by atoms with E-state index in [1.807, 2.05) is 0 Å². The molecular weight excluding hydrogens is 222 g/mol. The molecule has 1 saturated heterocycles. The number of amides is 1. The van der Waals surface area contributed by atoms with Crippen LogP contribution in [-0.4, -0.2) is 40.3 Å². The molecule has 2 aliphatic rings. The van der Waals surface area contributed by atoms with E-state index >= 15 is 0 Å². The zero-order valence-corrected chi connectivity index (χ0v) is 10.5. The Labute approximate surface area is 101 Å². The molecule has 5 nitrogen and oxygen atoms in total.